The number of esters is 1. The number of rotatable bonds is 8. The van der Waals surface area contributed by atoms with Crippen LogP contribution in [0.4, 0.5) is 10.7 Å². The lowest BCUT2D eigenvalue weighted by Gasteiger charge is -2.12. The van der Waals surface area contributed by atoms with Gasteiger partial charge in [0.2, 0.25) is 5.91 Å². The van der Waals surface area contributed by atoms with Gasteiger partial charge in [0, 0.05) is 21.0 Å². The predicted molar refractivity (Wildman–Crippen MR) is 142 cm³/mol. The van der Waals surface area contributed by atoms with Crippen LogP contribution in [0.25, 0.3) is 0 Å². The summed E-state index contributed by atoms with van der Waals surface area (Å²) in [5.41, 5.74) is 3.89. The highest BCUT2D eigenvalue weighted by Gasteiger charge is 2.27. The molecule has 182 valence electrons. The number of benzene rings is 2. The highest BCUT2D eigenvalue weighted by molar-refractivity contribution is 8.00. The molecule has 35 heavy (non-hydrogen) atoms. The quantitative estimate of drug-likeness (QED) is 0.284. The van der Waals surface area contributed by atoms with Crippen LogP contribution in [0.15, 0.2) is 53.4 Å². The minimum Gasteiger partial charge on any atom is -0.462 e. The maximum absolute atomic E-state index is 12.8. The minimum atomic E-state index is -0.369. The zero-order chi connectivity index (χ0) is 24.8. The first-order chi connectivity index (χ1) is 16.9. The van der Waals surface area contributed by atoms with Crippen LogP contribution in [-0.4, -0.2) is 30.1 Å². The molecule has 0 fully saturated rings. The van der Waals surface area contributed by atoms with E-state index in [9.17, 15) is 14.4 Å². The molecule has 3 aromatic rings. The molecule has 1 aliphatic rings. The number of amides is 2. The van der Waals surface area contributed by atoms with Crippen LogP contribution in [0.2, 0.25) is 0 Å². The Morgan fingerprint density at radius 1 is 1.03 bits per heavy atom. The molecule has 0 bridgehead atoms. The third-order valence-electron chi connectivity index (χ3n) is 5.68. The lowest BCUT2D eigenvalue weighted by Crippen LogP contribution is -2.17. The molecule has 8 heteroatoms. The van der Waals surface area contributed by atoms with E-state index >= 15 is 0 Å². The summed E-state index contributed by atoms with van der Waals surface area (Å²) in [5, 5.41) is 6.42. The number of thiophene rings is 1. The molecule has 2 amide bonds. The van der Waals surface area contributed by atoms with Crippen molar-refractivity contribution in [3.8, 4) is 0 Å². The SMILES string of the molecule is CCOC(=O)c1c(NC(=O)CSc2cccc(NC(=O)c3ccc(C)cc3)c2)sc2c1CCCC2. The first-order valence-electron chi connectivity index (χ1n) is 11.7. The van der Waals surface area contributed by atoms with E-state index < -0.39 is 0 Å². The van der Waals surface area contributed by atoms with Gasteiger partial charge < -0.3 is 15.4 Å². The second kappa shape index (κ2) is 11.6. The number of hydrogen-bond donors (Lipinski definition) is 2. The summed E-state index contributed by atoms with van der Waals surface area (Å²) < 4.78 is 5.26. The molecule has 0 spiro atoms. The van der Waals surface area contributed by atoms with Crippen molar-refractivity contribution in [3.05, 3.63) is 75.7 Å². The van der Waals surface area contributed by atoms with Gasteiger partial charge in [0.05, 0.1) is 17.9 Å². The molecule has 0 radical (unpaired) electrons. The van der Waals surface area contributed by atoms with Gasteiger partial charge in [-0.1, -0.05) is 23.8 Å². The fraction of sp³-hybridized carbons (Fsp3) is 0.296. The summed E-state index contributed by atoms with van der Waals surface area (Å²) in [6.07, 6.45) is 3.90. The van der Waals surface area contributed by atoms with E-state index in [4.69, 9.17) is 4.74 Å². The van der Waals surface area contributed by atoms with Gasteiger partial charge in [0.1, 0.15) is 5.00 Å². The van der Waals surface area contributed by atoms with Gasteiger partial charge in [0.25, 0.3) is 5.91 Å². The number of anilines is 2. The van der Waals surface area contributed by atoms with Gasteiger partial charge in [-0.05, 0) is 75.4 Å². The fourth-order valence-corrected chi connectivity index (χ4v) is 6.01. The zero-order valence-electron chi connectivity index (χ0n) is 19.8. The monoisotopic (exact) mass is 508 g/mol. The molecular formula is C27H28N2O4S2. The normalized spacial score (nSPS) is 12.5. The number of ether oxygens (including phenoxy) is 1. The van der Waals surface area contributed by atoms with E-state index in [-0.39, 0.29) is 23.5 Å². The van der Waals surface area contributed by atoms with Crippen molar-refractivity contribution in [2.45, 2.75) is 44.4 Å². The molecule has 0 atom stereocenters. The Morgan fingerprint density at radius 3 is 2.57 bits per heavy atom. The number of carbonyl (C=O) groups excluding carboxylic acids is 3. The van der Waals surface area contributed by atoms with Gasteiger partial charge in [-0.25, -0.2) is 4.79 Å². The van der Waals surface area contributed by atoms with Gasteiger partial charge in [-0.3, -0.25) is 9.59 Å². The smallest absolute Gasteiger partial charge is 0.341 e. The molecule has 0 aliphatic heterocycles. The average Bonchev–Trinajstić information content (AvgIpc) is 3.21. The van der Waals surface area contributed by atoms with Gasteiger partial charge in [-0.15, -0.1) is 23.1 Å². The van der Waals surface area contributed by atoms with Crippen LogP contribution in [0, 0.1) is 6.92 Å². The molecule has 0 unspecified atom stereocenters. The van der Waals surface area contributed by atoms with Crippen LogP contribution >= 0.6 is 23.1 Å². The number of thioether (sulfide) groups is 1. The molecular weight excluding hydrogens is 480 g/mol. The summed E-state index contributed by atoms with van der Waals surface area (Å²) in [7, 11) is 0. The summed E-state index contributed by atoms with van der Waals surface area (Å²) in [6.45, 7) is 4.05. The molecule has 1 heterocycles. The standard InChI is InChI=1S/C27H28N2O4S2/c1-3-33-27(32)24-21-9-4-5-10-22(21)35-26(24)29-23(30)16-34-20-8-6-7-19(15-20)28-25(31)18-13-11-17(2)12-14-18/h6-8,11-15H,3-5,9-10,16H2,1-2H3,(H,28,31)(H,29,30). The highest BCUT2D eigenvalue weighted by Crippen LogP contribution is 2.38. The van der Waals surface area contributed by atoms with Gasteiger partial charge in [0.15, 0.2) is 0 Å². The highest BCUT2D eigenvalue weighted by atomic mass is 32.2. The van der Waals surface area contributed by atoms with E-state index in [0.29, 0.717) is 28.4 Å². The second-order valence-electron chi connectivity index (χ2n) is 8.32. The molecule has 1 aliphatic carbocycles. The molecule has 2 aromatic carbocycles. The number of fused-ring (bicyclic) bond motifs is 1. The minimum absolute atomic E-state index is 0.181. The average molecular weight is 509 g/mol. The van der Waals surface area contributed by atoms with Crippen molar-refractivity contribution in [2.24, 2.45) is 0 Å². The van der Waals surface area contributed by atoms with E-state index in [2.05, 4.69) is 10.6 Å². The number of carbonyl (C=O) groups is 3. The predicted octanol–water partition coefficient (Wildman–Crippen LogP) is 6.10. The number of aryl methyl sites for hydroxylation is 2. The van der Waals surface area contributed by atoms with E-state index in [1.54, 1.807) is 19.1 Å². The molecule has 4 rings (SSSR count). The molecule has 6 nitrogen and oxygen atoms in total. The van der Waals surface area contributed by atoms with Crippen molar-refractivity contribution >= 4 is 51.6 Å². The maximum atomic E-state index is 12.8. The molecule has 0 saturated heterocycles. The Kier molecular flexibility index (Phi) is 8.25. The van der Waals surface area contributed by atoms with Crippen LogP contribution in [0.3, 0.4) is 0 Å². The lowest BCUT2D eigenvalue weighted by molar-refractivity contribution is -0.113. The van der Waals surface area contributed by atoms with E-state index in [1.807, 2.05) is 43.3 Å². The maximum Gasteiger partial charge on any atom is 0.341 e. The topological polar surface area (TPSA) is 84.5 Å². The van der Waals surface area contributed by atoms with Crippen molar-refractivity contribution < 1.29 is 19.1 Å². The van der Waals surface area contributed by atoms with Gasteiger partial charge in [-0.2, -0.15) is 0 Å². The van der Waals surface area contributed by atoms with E-state index in [1.165, 1.54) is 28.0 Å². The second-order valence-corrected chi connectivity index (χ2v) is 10.5. The van der Waals surface area contributed by atoms with Crippen molar-refractivity contribution in [1.82, 2.24) is 0 Å². The third-order valence-corrected chi connectivity index (χ3v) is 7.88. The van der Waals surface area contributed by atoms with Crippen LogP contribution in [-0.2, 0) is 22.4 Å². The number of hydrogen-bond acceptors (Lipinski definition) is 6. The van der Waals surface area contributed by atoms with Crippen molar-refractivity contribution in [3.63, 3.8) is 0 Å². The Morgan fingerprint density at radius 2 is 1.80 bits per heavy atom. The zero-order valence-corrected chi connectivity index (χ0v) is 21.4. The van der Waals surface area contributed by atoms with E-state index in [0.717, 1.165) is 41.7 Å². The summed E-state index contributed by atoms with van der Waals surface area (Å²) in [4.78, 5) is 39.9. The Bertz CT molecular complexity index is 1230. The first kappa shape index (κ1) is 25.0. The van der Waals surface area contributed by atoms with Crippen LogP contribution in [0.1, 0.15) is 56.5 Å². The summed E-state index contributed by atoms with van der Waals surface area (Å²) in [5.74, 6) is -0.557. The summed E-state index contributed by atoms with van der Waals surface area (Å²) >= 11 is 2.86. The van der Waals surface area contributed by atoms with Crippen LogP contribution in [0.5, 0.6) is 0 Å². The molecule has 2 N–H and O–H groups in total. The largest absolute Gasteiger partial charge is 0.462 e. The van der Waals surface area contributed by atoms with Crippen LogP contribution < -0.4 is 10.6 Å². The first-order valence-corrected chi connectivity index (χ1v) is 13.5. The Balaban J connectivity index is 1.39. The third kappa shape index (κ3) is 6.32. The number of nitrogens with one attached hydrogen (secondary N) is 2. The lowest BCUT2D eigenvalue weighted by atomic mass is 9.95. The Hall–Kier alpha value is -3.10. The fourth-order valence-electron chi connectivity index (χ4n) is 3.96. The Labute approximate surface area is 213 Å². The molecule has 1 aromatic heterocycles. The summed E-state index contributed by atoms with van der Waals surface area (Å²) in [6, 6.07) is 14.8. The van der Waals surface area contributed by atoms with Gasteiger partial charge >= 0.3 is 5.97 Å². The van der Waals surface area contributed by atoms with Crippen molar-refractivity contribution in [1.29, 1.82) is 0 Å². The van der Waals surface area contributed by atoms with Crippen molar-refractivity contribution in [2.75, 3.05) is 23.0 Å². The molecule has 0 saturated carbocycles.